The number of hydrogen-bond acceptors (Lipinski definition) is 5. The molecule has 0 saturated carbocycles. The summed E-state index contributed by atoms with van der Waals surface area (Å²) in [6, 6.07) is 11.6. The Labute approximate surface area is 144 Å². The molecule has 0 aliphatic rings. The van der Waals surface area contributed by atoms with Gasteiger partial charge in [-0.15, -0.1) is 16.9 Å². The lowest BCUT2D eigenvalue weighted by atomic mass is 10.2. The van der Waals surface area contributed by atoms with Crippen LogP contribution in [0.3, 0.4) is 0 Å². The standard InChI is InChI=1S/C17H18N4O2S/c1-3-23-16-9-8-15-19-14(11-21(15)20-16)17(22)18-10-12-4-6-13(24-2)7-5-12/h4-9,11H,3,10H2,1-2H3,(H,18,22). The van der Waals surface area contributed by atoms with Crippen LogP contribution in [0.4, 0.5) is 0 Å². The molecule has 0 radical (unpaired) electrons. The highest BCUT2D eigenvalue weighted by atomic mass is 32.2. The van der Waals surface area contributed by atoms with Crippen LogP contribution in [0.2, 0.25) is 0 Å². The second-order valence-electron chi connectivity index (χ2n) is 5.06. The van der Waals surface area contributed by atoms with Crippen molar-refractivity contribution in [3.05, 3.63) is 53.9 Å². The number of nitrogens with one attached hydrogen (secondary N) is 1. The molecule has 7 heteroatoms. The average molecular weight is 342 g/mol. The van der Waals surface area contributed by atoms with Gasteiger partial charge in [-0.25, -0.2) is 9.50 Å². The molecule has 0 bridgehead atoms. The fraction of sp³-hybridized carbons (Fsp3) is 0.235. The molecule has 0 spiro atoms. The fourth-order valence-electron chi connectivity index (χ4n) is 2.22. The summed E-state index contributed by atoms with van der Waals surface area (Å²) in [5.74, 6) is 0.274. The zero-order valence-electron chi connectivity index (χ0n) is 13.5. The van der Waals surface area contributed by atoms with Crippen LogP contribution < -0.4 is 10.1 Å². The minimum Gasteiger partial charge on any atom is -0.477 e. The van der Waals surface area contributed by atoms with Gasteiger partial charge >= 0.3 is 0 Å². The summed E-state index contributed by atoms with van der Waals surface area (Å²) in [6.07, 6.45) is 3.63. The summed E-state index contributed by atoms with van der Waals surface area (Å²) < 4.78 is 6.89. The number of ether oxygens (including phenoxy) is 1. The maximum atomic E-state index is 12.3. The van der Waals surface area contributed by atoms with Crippen LogP contribution in [-0.4, -0.2) is 33.4 Å². The second kappa shape index (κ2) is 7.35. The van der Waals surface area contributed by atoms with Crippen LogP contribution in [0.1, 0.15) is 23.0 Å². The van der Waals surface area contributed by atoms with Gasteiger partial charge in [-0.2, -0.15) is 0 Å². The number of fused-ring (bicyclic) bond motifs is 1. The molecular formula is C17H18N4O2S. The van der Waals surface area contributed by atoms with E-state index in [1.54, 1.807) is 34.6 Å². The Morgan fingerprint density at radius 3 is 2.75 bits per heavy atom. The Bertz CT molecular complexity index is 845. The van der Waals surface area contributed by atoms with Crippen molar-refractivity contribution >= 4 is 23.3 Å². The van der Waals surface area contributed by atoms with E-state index in [1.165, 1.54) is 4.90 Å². The van der Waals surface area contributed by atoms with E-state index in [9.17, 15) is 4.79 Å². The number of carbonyl (C=O) groups is 1. The Hall–Kier alpha value is -2.54. The molecule has 6 nitrogen and oxygen atoms in total. The number of imidazole rings is 1. The number of thioether (sulfide) groups is 1. The first-order valence-electron chi connectivity index (χ1n) is 7.60. The first-order chi connectivity index (χ1) is 11.7. The summed E-state index contributed by atoms with van der Waals surface area (Å²) in [4.78, 5) is 17.8. The third-order valence-electron chi connectivity index (χ3n) is 3.43. The van der Waals surface area contributed by atoms with E-state index in [-0.39, 0.29) is 5.91 Å². The lowest BCUT2D eigenvalue weighted by Crippen LogP contribution is -2.23. The largest absolute Gasteiger partial charge is 0.477 e. The number of amides is 1. The van der Waals surface area contributed by atoms with Gasteiger partial charge in [-0.05, 0) is 36.9 Å². The first-order valence-corrected chi connectivity index (χ1v) is 8.82. The van der Waals surface area contributed by atoms with E-state index in [1.807, 2.05) is 37.4 Å². The maximum absolute atomic E-state index is 12.3. The quantitative estimate of drug-likeness (QED) is 0.698. The molecule has 124 valence electrons. The first kappa shape index (κ1) is 16.3. The van der Waals surface area contributed by atoms with Gasteiger partial charge in [-0.1, -0.05) is 12.1 Å². The van der Waals surface area contributed by atoms with Crippen molar-refractivity contribution in [2.24, 2.45) is 0 Å². The van der Waals surface area contributed by atoms with Crippen molar-refractivity contribution in [1.82, 2.24) is 19.9 Å². The fourth-order valence-corrected chi connectivity index (χ4v) is 2.62. The number of hydrogen-bond donors (Lipinski definition) is 1. The van der Waals surface area contributed by atoms with Crippen LogP contribution in [0.15, 0.2) is 47.5 Å². The van der Waals surface area contributed by atoms with Crippen molar-refractivity contribution in [3.63, 3.8) is 0 Å². The molecule has 1 N–H and O–H groups in total. The topological polar surface area (TPSA) is 68.5 Å². The molecular weight excluding hydrogens is 324 g/mol. The number of benzene rings is 1. The Kier molecular flexibility index (Phi) is 5.00. The van der Waals surface area contributed by atoms with E-state index in [4.69, 9.17) is 4.74 Å². The van der Waals surface area contributed by atoms with Crippen LogP contribution in [-0.2, 0) is 6.54 Å². The van der Waals surface area contributed by atoms with E-state index >= 15 is 0 Å². The molecule has 0 atom stereocenters. The van der Waals surface area contributed by atoms with Crippen molar-refractivity contribution in [2.75, 3.05) is 12.9 Å². The van der Waals surface area contributed by atoms with Crippen molar-refractivity contribution in [1.29, 1.82) is 0 Å². The number of nitrogens with zero attached hydrogens (tertiary/aromatic N) is 3. The summed E-state index contributed by atoms with van der Waals surface area (Å²) in [6.45, 7) is 2.89. The molecule has 0 saturated heterocycles. The van der Waals surface area contributed by atoms with E-state index in [2.05, 4.69) is 15.4 Å². The molecule has 1 aromatic carbocycles. The molecule has 2 heterocycles. The van der Waals surface area contributed by atoms with Crippen molar-refractivity contribution < 1.29 is 9.53 Å². The molecule has 24 heavy (non-hydrogen) atoms. The molecule has 0 unspecified atom stereocenters. The molecule has 0 aliphatic heterocycles. The third-order valence-corrected chi connectivity index (χ3v) is 4.18. The van der Waals surface area contributed by atoms with Gasteiger partial charge in [0.05, 0.1) is 12.8 Å². The smallest absolute Gasteiger partial charge is 0.271 e. The number of rotatable bonds is 6. The molecule has 1 amide bonds. The van der Waals surface area contributed by atoms with Gasteiger partial charge in [-0.3, -0.25) is 4.79 Å². The van der Waals surface area contributed by atoms with Crippen molar-refractivity contribution in [2.45, 2.75) is 18.4 Å². The van der Waals surface area contributed by atoms with Gasteiger partial charge < -0.3 is 10.1 Å². The number of carbonyl (C=O) groups excluding carboxylic acids is 1. The Balaban J connectivity index is 1.68. The predicted octanol–water partition coefficient (Wildman–Crippen LogP) is 2.78. The highest BCUT2D eigenvalue weighted by molar-refractivity contribution is 7.98. The Morgan fingerprint density at radius 2 is 2.04 bits per heavy atom. The van der Waals surface area contributed by atoms with Crippen molar-refractivity contribution in [3.8, 4) is 5.88 Å². The van der Waals surface area contributed by atoms with Gasteiger partial charge in [0.25, 0.3) is 5.91 Å². The van der Waals surface area contributed by atoms with E-state index < -0.39 is 0 Å². The zero-order chi connectivity index (χ0) is 16.9. The maximum Gasteiger partial charge on any atom is 0.271 e. The van der Waals surface area contributed by atoms with Crippen LogP contribution in [0, 0.1) is 0 Å². The zero-order valence-corrected chi connectivity index (χ0v) is 14.3. The summed E-state index contributed by atoms with van der Waals surface area (Å²) in [5, 5.41) is 7.13. The van der Waals surface area contributed by atoms with Gasteiger partial charge in [0, 0.05) is 17.5 Å². The normalized spacial score (nSPS) is 10.8. The SMILES string of the molecule is CCOc1ccc2nc(C(=O)NCc3ccc(SC)cc3)cn2n1. The summed E-state index contributed by atoms with van der Waals surface area (Å²) >= 11 is 1.69. The monoisotopic (exact) mass is 342 g/mol. The van der Waals surface area contributed by atoms with Crippen LogP contribution in [0.5, 0.6) is 5.88 Å². The lowest BCUT2D eigenvalue weighted by Gasteiger charge is -2.04. The van der Waals surface area contributed by atoms with E-state index in [0.717, 1.165) is 5.56 Å². The number of aromatic nitrogens is 3. The molecule has 3 aromatic rings. The highest BCUT2D eigenvalue weighted by Crippen LogP contribution is 2.15. The molecule has 3 rings (SSSR count). The van der Waals surface area contributed by atoms with Crippen LogP contribution >= 0.6 is 11.8 Å². The Morgan fingerprint density at radius 1 is 1.25 bits per heavy atom. The highest BCUT2D eigenvalue weighted by Gasteiger charge is 2.11. The van der Waals surface area contributed by atoms with Crippen LogP contribution in [0.25, 0.3) is 5.65 Å². The lowest BCUT2D eigenvalue weighted by molar-refractivity contribution is 0.0946. The molecule has 0 aliphatic carbocycles. The third kappa shape index (κ3) is 3.68. The van der Waals surface area contributed by atoms with Gasteiger partial charge in [0.1, 0.15) is 5.69 Å². The molecule has 2 aromatic heterocycles. The average Bonchev–Trinajstić information content (AvgIpc) is 3.04. The minimum absolute atomic E-state index is 0.229. The van der Waals surface area contributed by atoms with E-state index in [0.29, 0.717) is 30.4 Å². The summed E-state index contributed by atoms with van der Waals surface area (Å²) in [5.41, 5.74) is 1.98. The van der Waals surface area contributed by atoms with Gasteiger partial charge in [0.2, 0.25) is 5.88 Å². The predicted molar refractivity (Wildman–Crippen MR) is 93.5 cm³/mol. The minimum atomic E-state index is -0.229. The summed E-state index contributed by atoms with van der Waals surface area (Å²) in [7, 11) is 0. The molecule has 0 fully saturated rings. The van der Waals surface area contributed by atoms with Gasteiger partial charge in [0.15, 0.2) is 5.65 Å². The second-order valence-corrected chi connectivity index (χ2v) is 5.94.